The second kappa shape index (κ2) is 9.33. The molecule has 5 rings (SSSR count). The van der Waals surface area contributed by atoms with Crippen LogP contribution in [0.3, 0.4) is 0 Å². The maximum Gasteiger partial charge on any atom is 0.333 e. The number of halogens is 1. The predicted molar refractivity (Wildman–Crippen MR) is 137 cm³/mol. The zero-order chi connectivity index (χ0) is 24.6. The van der Waals surface area contributed by atoms with Crippen molar-refractivity contribution in [2.75, 3.05) is 17.2 Å². The standard InChI is InChI=1S/C23H20ClN5O4S2/c24-20-9-10-21(34-20)35(32,33)28-23(31)27-15-3-6-17(7-4-15)29-13-26-19-11-16(25-12-14-1-2-14)5-8-18(19)22(29)30/h3-11,13-14,25H,1-2,12H2,(H2,27,28,31). The van der Waals surface area contributed by atoms with E-state index in [0.29, 0.717) is 26.6 Å². The Morgan fingerprint density at radius 3 is 2.51 bits per heavy atom. The van der Waals surface area contributed by atoms with Gasteiger partial charge in [0.1, 0.15) is 10.5 Å². The van der Waals surface area contributed by atoms with Crippen LogP contribution < -0.4 is 20.9 Å². The van der Waals surface area contributed by atoms with Gasteiger partial charge in [0.2, 0.25) is 0 Å². The fourth-order valence-electron chi connectivity index (χ4n) is 3.48. The fraction of sp³-hybridized carbons (Fsp3) is 0.174. The van der Waals surface area contributed by atoms with Gasteiger partial charge < -0.3 is 10.6 Å². The van der Waals surface area contributed by atoms with Gasteiger partial charge in [-0.2, -0.15) is 0 Å². The maximum absolute atomic E-state index is 13.0. The molecular weight excluding hydrogens is 510 g/mol. The normalized spacial score (nSPS) is 13.5. The molecule has 2 aromatic heterocycles. The zero-order valence-electron chi connectivity index (χ0n) is 18.2. The molecule has 0 unspecified atom stereocenters. The Kier molecular flexibility index (Phi) is 6.22. The maximum atomic E-state index is 13.0. The highest BCUT2D eigenvalue weighted by Gasteiger charge is 2.21. The lowest BCUT2D eigenvalue weighted by molar-refractivity contribution is 0.256. The summed E-state index contributed by atoms with van der Waals surface area (Å²) in [6.45, 7) is 0.926. The van der Waals surface area contributed by atoms with Gasteiger partial charge in [-0.1, -0.05) is 11.6 Å². The highest BCUT2D eigenvalue weighted by Crippen LogP contribution is 2.29. The molecule has 2 heterocycles. The van der Waals surface area contributed by atoms with Crippen molar-refractivity contribution < 1.29 is 13.2 Å². The summed E-state index contributed by atoms with van der Waals surface area (Å²) >= 11 is 6.61. The van der Waals surface area contributed by atoms with Gasteiger partial charge in [-0.15, -0.1) is 11.3 Å². The number of urea groups is 1. The van der Waals surface area contributed by atoms with Gasteiger partial charge in [0.05, 0.1) is 20.9 Å². The Morgan fingerprint density at radius 2 is 1.83 bits per heavy atom. The van der Waals surface area contributed by atoms with E-state index < -0.39 is 16.1 Å². The summed E-state index contributed by atoms with van der Waals surface area (Å²) in [4.78, 5) is 29.6. The van der Waals surface area contributed by atoms with Crippen molar-refractivity contribution in [2.24, 2.45) is 5.92 Å². The van der Waals surface area contributed by atoms with Crippen LogP contribution in [0.4, 0.5) is 16.2 Å². The number of rotatable bonds is 7. The van der Waals surface area contributed by atoms with Gasteiger partial charge in [0, 0.05) is 17.9 Å². The van der Waals surface area contributed by atoms with Gasteiger partial charge in [0.25, 0.3) is 15.6 Å². The molecule has 0 radical (unpaired) electrons. The first-order chi connectivity index (χ1) is 16.8. The van der Waals surface area contributed by atoms with Gasteiger partial charge in [0.15, 0.2) is 0 Å². The van der Waals surface area contributed by atoms with Crippen molar-refractivity contribution in [3.8, 4) is 5.69 Å². The SMILES string of the molecule is O=C(Nc1ccc(-n2cnc3cc(NCC4CC4)ccc3c2=O)cc1)NS(=O)(=O)c1ccc(Cl)s1. The number of anilines is 2. The lowest BCUT2D eigenvalue weighted by Crippen LogP contribution is -2.33. The van der Waals surface area contributed by atoms with E-state index >= 15 is 0 Å². The molecule has 1 fully saturated rings. The summed E-state index contributed by atoms with van der Waals surface area (Å²) in [7, 11) is -4.03. The monoisotopic (exact) mass is 529 g/mol. The minimum atomic E-state index is -4.03. The number of thiophene rings is 1. The van der Waals surface area contributed by atoms with E-state index in [4.69, 9.17) is 11.6 Å². The molecule has 1 saturated carbocycles. The average molecular weight is 530 g/mol. The van der Waals surface area contributed by atoms with E-state index in [9.17, 15) is 18.0 Å². The van der Waals surface area contributed by atoms with Gasteiger partial charge in [-0.25, -0.2) is 22.9 Å². The van der Waals surface area contributed by atoms with E-state index in [1.807, 2.05) is 16.9 Å². The number of carbonyl (C=O) groups excluding carboxylic acids is 1. The van der Waals surface area contributed by atoms with Crippen molar-refractivity contribution in [3.05, 3.63) is 75.6 Å². The molecule has 2 amide bonds. The predicted octanol–water partition coefficient (Wildman–Crippen LogP) is 4.43. The van der Waals surface area contributed by atoms with E-state index in [1.54, 1.807) is 30.3 Å². The second-order valence-electron chi connectivity index (χ2n) is 8.14. The first-order valence-electron chi connectivity index (χ1n) is 10.7. The highest BCUT2D eigenvalue weighted by molar-refractivity contribution is 7.92. The summed E-state index contributed by atoms with van der Waals surface area (Å²) in [6.07, 6.45) is 3.97. The van der Waals surface area contributed by atoms with Crippen LogP contribution >= 0.6 is 22.9 Å². The van der Waals surface area contributed by atoms with Crippen molar-refractivity contribution in [2.45, 2.75) is 17.1 Å². The third kappa shape index (κ3) is 5.31. The van der Waals surface area contributed by atoms with Crippen molar-refractivity contribution in [1.82, 2.24) is 14.3 Å². The number of fused-ring (bicyclic) bond motifs is 1. The van der Waals surface area contributed by atoms with Crippen LogP contribution in [0.5, 0.6) is 0 Å². The number of nitrogens with zero attached hydrogens (tertiary/aromatic N) is 2. The fourth-order valence-corrected chi connectivity index (χ4v) is 5.87. The van der Waals surface area contributed by atoms with Gasteiger partial charge >= 0.3 is 6.03 Å². The Bertz CT molecular complexity index is 1580. The molecule has 180 valence electrons. The van der Waals surface area contributed by atoms with E-state index in [1.165, 1.54) is 35.9 Å². The molecule has 3 N–H and O–H groups in total. The molecule has 35 heavy (non-hydrogen) atoms. The molecule has 0 spiro atoms. The number of hydrogen-bond acceptors (Lipinski definition) is 7. The number of nitrogens with one attached hydrogen (secondary N) is 3. The van der Waals surface area contributed by atoms with Crippen molar-refractivity contribution in [1.29, 1.82) is 0 Å². The summed E-state index contributed by atoms with van der Waals surface area (Å²) < 4.78 is 28.1. The quantitative estimate of drug-likeness (QED) is 0.325. The third-order valence-corrected chi connectivity index (χ3v) is 8.55. The van der Waals surface area contributed by atoms with Crippen LogP contribution in [-0.2, 0) is 10.0 Å². The molecule has 9 nitrogen and oxygen atoms in total. The van der Waals surface area contributed by atoms with Gasteiger partial charge in [-0.05, 0) is 73.4 Å². The van der Waals surface area contributed by atoms with E-state index in [2.05, 4.69) is 15.6 Å². The molecule has 1 aliphatic rings. The molecule has 0 bridgehead atoms. The molecule has 0 atom stereocenters. The molecule has 2 aromatic carbocycles. The van der Waals surface area contributed by atoms with Crippen LogP contribution in [0.2, 0.25) is 4.34 Å². The number of sulfonamides is 1. The number of hydrogen-bond donors (Lipinski definition) is 3. The Hall–Kier alpha value is -3.41. The molecule has 0 aliphatic heterocycles. The van der Waals surface area contributed by atoms with Crippen molar-refractivity contribution >= 4 is 61.3 Å². The Balaban J connectivity index is 1.29. The summed E-state index contributed by atoms with van der Waals surface area (Å²) in [5, 5.41) is 6.33. The Labute approximate surface area is 209 Å². The first kappa shape index (κ1) is 23.3. The number of aromatic nitrogens is 2. The van der Waals surface area contributed by atoms with Crippen molar-refractivity contribution in [3.63, 3.8) is 0 Å². The molecule has 4 aromatic rings. The van der Waals surface area contributed by atoms with Crippen LogP contribution in [0.1, 0.15) is 12.8 Å². The summed E-state index contributed by atoms with van der Waals surface area (Å²) in [6, 6.07) is 13.7. The average Bonchev–Trinajstić information content (AvgIpc) is 3.55. The molecule has 1 aliphatic carbocycles. The number of benzene rings is 2. The van der Waals surface area contributed by atoms with Gasteiger partial charge in [-0.3, -0.25) is 9.36 Å². The molecule has 0 saturated heterocycles. The highest BCUT2D eigenvalue weighted by atomic mass is 35.5. The molecular formula is C23H20ClN5O4S2. The number of carbonyl (C=O) groups is 1. The van der Waals surface area contributed by atoms with Crippen LogP contribution in [0.25, 0.3) is 16.6 Å². The largest absolute Gasteiger partial charge is 0.385 e. The van der Waals surface area contributed by atoms with Crippen LogP contribution in [-0.4, -0.2) is 30.5 Å². The van der Waals surface area contributed by atoms with Crippen LogP contribution in [0.15, 0.2) is 69.9 Å². The van der Waals surface area contributed by atoms with E-state index in [-0.39, 0.29) is 9.77 Å². The van der Waals surface area contributed by atoms with Crippen LogP contribution in [0, 0.1) is 5.92 Å². The smallest absolute Gasteiger partial charge is 0.333 e. The lowest BCUT2D eigenvalue weighted by Gasteiger charge is -2.10. The third-order valence-electron chi connectivity index (χ3n) is 5.49. The zero-order valence-corrected chi connectivity index (χ0v) is 20.6. The second-order valence-corrected chi connectivity index (χ2v) is 11.8. The molecule has 12 heteroatoms. The topological polar surface area (TPSA) is 122 Å². The minimum Gasteiger partial charge on any atom is -0.385 e. The lowest BCUT2D eigenvalue weighted by atomic mass is 10.2. The van der Waals surface area contributed by atoms with E-state index in [0.717, 1.165) is 29.5 Å². The summed E-state index contributed by atoms with van der Waals surface area (Å²) in [5.41, 5.74) is 2.22. The summed E-state index contributed by atoms with van der Waals surface area (Å²) in [5.74, 6) is 0.736. The number of amides is 2. The Morgan fingerprint density at radius 1 is 1.09 bits per heavy atom. The minimum absolute atomic E-state index is 0.0676. The first-order valence-corrected chi connectivity index (χ1v) is 13.4.